The van der Waals surface area contributed by atoms with Crippen molar-refractivity contribution < 1.29 is 13.9 Å². The summed E-state index contributed by atoms with van der Waals surface area (Å²) in [6.07, 6.45) is 3.11. The van der Waals surface area contributed by atoms with Crippen molar-refractivity contribution >= 4 is 40.5 Å². The maximum Gasteiger partial charge on any atom is 0.229 e. The first-order valence-electron chi connectivity index (χ1n) is 14.7. The second-order valence-electron chi connectivity index (χ2n) is 10.1. The molecule has 2 aromatic carbocycles. The molecule has 1 amide bonds. The highest BCUT2D eigenvalue weighted by atomic mass is 32.2. The number of anilines is 1. The van der Waals surface area contributed by atoms with E-state index in [1.165, 1.54) is 24.0 Å². The van der Waals surface area contributed by atoms with E-state index < -0.39 is 5.41 Å². The molecule has 41 heavy (non-hydrogen) atoms. The Morgan fingerprint density at radius 3 is 2.20 bits per heavy atom. The highest BCUT2D eigenvalue weighted by molar-refractivity contribution is 8.02. The molecule has 1 saturated heterocycles. The van der Waals surface area contributed by atoms with E-state index in [9.17, 15) is 9.18 Å². The SMILES string of the molecule is C=CSCC.CC.CC.Cc1c(C2CCOCC2)n(-c2ccc(F)cc2)c2cc(C=N)c(NC(=O)C(C)(C)C)cc12. The number of rotatable bonds is 6. The fourth-order valence-electron chi connectivity index (χ4n) is 4.51. The van der Waals surface area contributed by atoms with Crippen LogP contribution in [0.2, 0.25) is 0 Å². The van der Waals surface area contributed by atoms with Crippen molar-refractivity contribution in [1.29, 1.82) is 5.41 Å². The number of thioether (sulfide) groups is 1. The van der Waals surface area contributed by atoms with E-state index in [1.54, 1.807) is 23.9 Å². The molecule has 4 rings (SSSR count). The average molecular weight is 584 g/mol. The monoisotopic (exact) mass is 583 g/mol. The van der Waals surface area contributed by atoms with Crippen LogP contribution >= 0.6 is 11.8 Å². The van der Waals surface area contributed by atoms with E-state index in [0.717, 1.165) is 40.7 Å². The summed E-state index contributed by atoms with van der Waals surface area (Å²) in [6, 6.07) is 10.4. The Bertz CT molecular complexity index is 1250. The number of ether oxygens (including phenoxy) is 1. The second-order valence-corrected chi connectivity index (χ2v) is 11.4. The van der Waals surface area contributed by atoms with Gasteiger partial charge in [-0.1, -0.05) is 62.0 Å². The molecule has 1 aliphatic rings. The Kier molecular flexibility index (Phi) is 15.7. The summed E-state index contributed by atoms with van der Waals surface area (Å²) in [5, 5.41) is 13.8. The molecule has 5 nitrogen and oxygen atoms in total. The summed E-state index contributed by atoms with van der Waals surface area (Å²) in [7, 11) is 0. The number of aryl methyl sites for hydroxylation is 1. The van der Waals surface area contributed by atoms with Crippen LogP contribution in [0, 0.1) is 23.6 Å². The van der Waals surface area contributed by atoms with Crippen LogP contribution in [0.3, 0.4) is 0 Å². The van der Waals surface area contributed by atoms with E-state index in [-0.39, 0.29) is 11.7 Å². The maximum absolute atomic E-state index is 13.7. The van der Waals surface area contributed by atoms with Gasteiger partial charge in [0.25, 0.3) is 0 Å². The summed E-state index contributed by atoms with van der Waals surface area (Å²) in [4.78, 5) is 12.7. The zero-order valence-corrected chi connectivity index (χ0v) is 27.3. The van der Waals surface area contributed by atoms with E-state index in [2.05, 4.69) is 30.3 Å². The molecule has 226 valence electrons. The highest BCUT2D eigenvalue weighted by Gasteiger charge is 2.27. The standard InChI is InChI=1S/C26H30FN3O2.C4H8S.2C2H6/c1-16-21-14-22(29-25(31)26(2,3)4)18(15-28)13-23(21)30(20-7-5-19(27)6-8-20)24(16)17-9-11-32-12-10-17;1-3-5-4-2;2*1-2/h5-8,13-15,17,28H,9-12H2,1-4H3,(H,29,31);3H,1,4H2,2H3;2*1-2H3. The van der Waals surface area contributed by atoms with Crippen LogP contribution in [0.15, 0.2) is 48.4 Å². The van der Waals surface area contributed by atoms with E-state index in [1.807, 2.05) is 66.0 Å². The number of benzene rings is 2. The first-order valence-corrected chi connectivity index (χ1v) is 15.7. The Balaban J connectivity index is 0.000000831. The van der Waals surface area contributed by atoms with Crippen molar-refractivity contribution in [3.63, 3.8) is 0 Å². The van der Waals surface area contributed by atoms with Gasteiger partial charge in [0.2, 0.25) is 5.91 Å². The number of aromatic nitrogens is 1. The van der Waals surface area contributed by atoms with Gasteiger partial charge < -0.3 is 20.0 Å². The molecule has 1 aromatic heterocycles. The molecule has 0 aliphatic carbocycles. The van der Waals surface area contributed by atoms with Gasteiger partial charge in [0.1, 0.15) is 5.82 Å². The first kappa shape index (κ1) is 36.1. The lowest BCUT2D eigenvalue weighted by molar-refractivity contribution is -0.123. The van der Waals surface area contributed by atoms with Gasteiger partial charge in [-0.25, -0.2) is 4.39 Å². The molecular formula is C34H50FN3O2S. The summed E-state index contributed by atoms with van der Waals surface area (Å²) in [5.74, 6) is 1.09. The third kappa shape index (κ3) is 9.57. The molecule has 0 radical (unpaired) electrons. The Hall–Kier alpha value is -2.90. The number of fused-ring (bicyclic) bond motifs is 1. The number of halogens is 1. The summed E-state index contributed by atoms with van der Waals surface area (Å²) in [6.45, 7) is 22.7. The molecule has 7 heteroatoms. The number of hydrogen-bond donors (Lipinski definition) is 2. The quantitative estimate of drug-likeness (QED) is 0.284. The normalized spacial score (nSPS) is 13.0. The minimum Gasteiger partial charge on any atom is -0.381 e. The molecule has 2 heterocycles. The maximum atomic E-state index is 13.7. The molecule has 2 N–H and O–H groups in total. The van der Waals surface area contributed by atoms with Gasteiger partial charge >= 0.3 is 0 Å². The lowest BCUT2D eigenvalue weighted by atomic mass is 9.93. The predicted molar refractivity (Wildman–Crippen MR) is 178 cm³/mol. The Morgan fingerprint density at radius 1 is 1.15 bits per heavy atom. The van der Waals surface area contributed by atoms with Crippen molar-refractivity contribution in [3.05, 3.63) is 71.0 Å². The van der Waals surface area contributed by atoms with Gasteiger partial charge in [-0.3, -0.25) is 4.79 Å². The molecule has 1 fully saturated rings. The van der Waals surface area contributed by atoms with Gasteiger partial charge in [0, 0.05) is 53.1 Å². The zero-order chi connectivity index (χ0) is 31.2. The summed E-state index contributed by atoms with van der Waals surface area (Å²) < 4.78 is 21.4. The third-order valence-corrected chi connectivity index (χ3v) is 7.07. The molecule has 0 saturated carbocycles. The smallest absolute Gasteiger partial charge is 0.229 e. The minimum atomic E-state index is -0.545. The van der Waals surface area contributed by atoms with Crippen molar-refractivity contribution in [2.24, 2.45) is 5.41 Å². The fourth-order valence-corrected chi connectivity index (χ4v) is 4.74. The number of hydrogen-bond acceptors (Lipinski definition) is 4. The van der Waals surface area contributed by atoms with Crippen LogP contribution in [0.25, 0.3) is 16.6 Å². The lowest BCUT2D eigenvalue weighted by Gasteiger charge is -2.25. The highest BCUT2D eigenvalue weighted by Crippen LogP contribution is 2.39. The minimum absolute atomic E-state index is 0.0970. The van der Waals surface area contributed by atoms with Crippen LogP contribution < -0.4 is 5.32 Å². The number of amides is 1. The zero-order valence-electron chi connectivity index (χ0n) is 26.5. The van der Waals surface area contributed by atoms with Crippen molar-refractivity contribution in [3.8, 4) is 5.69 Å². The largest absolute Gasteiger partial charge is 0.381 e. The molecule has 0 unspecified atom stereocenters. The van der Waals surface area contributed by atoms with Crippen LogP contribution in [0.5, 0.6) is 0 Å². The molecule has 0 atom stereocenters. The summed E-state index contributed by atoms with van der Waals surface area (Å²) in [5.41, 5.74) is 4.87. The molecule has 3 aromatic rings. The predicted octanol–water partition coefficient (Wildman–Crippen LogP) is 9.89. The van der Waals surface area contributed by atoms with Crippen LogP contribution in [-0.2, 0) is 9.53 Å². The van der Waals surface area contributed by atoms with Crippen molar-refractivity contribution in [2.45, 2.75) is 81.1 Å². The molecular weight excluding hydrogens is 533 g/mol. The second kappa shape index (κ2) is 17.8. The number of carbonyl (C=O) groups excluding carboxylic acids is 1. The van der Waals surface area contributed by atoms with Gasteiger partial charge in [0.05, 0.1) is 11.2 Å². The first-order chi connectivity index (χ1) is 19.6. The van der Waals surface area contributed by atoms with E-state index in [0.29, 0.717) is 30.4 Å². The van der Waals surface area contributed by atoms with Gasteiger partial charge in [-0.2, -0.15) is 0 Å². The number of nitrogens with zero attached hydrogens (tertiary/aromatic N) is 1. The third-order valence-electron chi connectivity index (χ3n) is 6.50. The number of nitrogens with one attached hydrogen (secondary N) is 2. The fraction of sp³-hybridized carbons (Fsp3) is 0.471. The Labute approximate surface area is 251 Å². The van der Waals surface area contributed by atoms with Crippen LogP contribution in [0.4, 0.5) is 10.1 Å². The van der Waals surface area contributed by atoms with Crippen LogP contribution in [0.1, 0.15) is 91.0 Å². The van der Waals surface area contributed by atoms with Gasteiger partial charge in [-0.05, 0) is 72.9 Å². The lowest BCUT2D eigenvalue weighted by Crippen LogP contribution is -2.28. The van der Waals surface area contributed by atoms with Crippen molar-refractivity contribution in [1.82, 2.24) is 4.57 Å². The molecule has 0 spiro atoms. The van der Waals surface area contributed by atoms with E-state index >= 15 is 0 Å². The van der Waals surface area contributed by atoms with Gasteiger partial charge in [0.15, 0.2) is 0 Å². The van der Waals surface area contributed by atoms with Crippen molar-refractivity contribution in [2.75, 3.05) is 24.3 Å². The molecule has 1 aliphatic heterocycles. The van der Waals surface area contributed by atoms with Gasteiger partial charge in [-0.15, -0.1) is 11.8 Å². The van der Waals surface area contributed by atoms with Crippen LogP contribution in [-0.4, -0.2) is 35.7 Å². The Morgan fingerprint density at radius 2 is 1.73 bits per heavy atom. The topological polar surface area (TPSA) is 67.1 Å². The van der Waals surface area contributed by atoms with E-state index in [4.69, 9.17) is 10.1 Å². The average Bonchev–Trinajstić information content (AvgIpc) is 3.26. The molecule has 0 bridgehead atoms. The summed E-state index contributed by atoms with van der Waals surface area (Å²) >= 11 is 1.73. The number of carbonyl (C=O) groups is 1.